The highest BCUT2D eigenvalue weighted by molar-refractivity contribution is 8.14. The first-order valence-electron chi connectivity index (χ1n) is 10.6. The predicted octanol–water partition coefficient (Wildman–Crippen LogP) is 2.62. The zero-order chi connectivity index (χ0) is 21.2. The number of fused-ring (bicyclic) bond motifs is 1. The number of aliphatic hydroxyl groups is 1. The van der Waals surface area contributed by atoms with Crippen molar-refractivity contribution in [3.63, 3.8) is 0 Å². The Hall–Kier alpha value is -1.85. The molecule has 0 radical (unpaired) electrons. The molecule has 1 amide bonds. The summed E-state index contributed by atoms with van der Waals surface area (Å²) in [6.45, 7) is 0.827. The highest BCUT2D eigenvalue weighted by atomic mass is 32.2. The Morgan fingerprint density at radius 3 is 2.48 bits per heavy atom. The molecule has 1 aliphatic carbocycles. The van der Waals surface area contributed by atoms with Gasteiger partial charge in [-0.15, -0.1) is 3.82 Å². The number of rotatable bonds is 6. The van der Waals surface area contributed by atoms with Crippen molar-refractivity contribution in [3.05, 3.63) is 42.4 Å². The van der Waals surface area contributed by atoms with Crippen molar-refractivity contribution in [1.29, 1.82) is 0 Å². The number of aromatic nitrogens is 2. The summed E-state index contributed by atoms with van der Waals surface area (Å²) in [6, 6.07) is 8.79. The Morgan fingerprint density at radius 2 is 1.81 bits per heavy atom. The van der Waals surface area contributed by atoms with Crippen LogP contribution in [0.3, 0.4) is 0 Å². The van der Waals surface area contributed by atoms with Gasteiger partial charge in [0.1, 0.15) is 18.4 Å². The molecule has 31 heavy (non-hydrogen) atoms. The highest BCUT2D eigenvalue weighted by Crippen LogP contribution is 2.45. The molecule has 1 aromatic heterocycles. The van der Waals surface area contributed by atoms with Gasteiger partial charge in [-0.25, -0.2) is 10.4 Å². The zero-order valence-corrected chi connectivity index (χ0v) is 18.6. The maximum absolute atomic E-state index is 11.7. The van der Waals surface area contributed by atoms with Crippen LogP contribution in [0, 0.1) is 0 Å². The topological polar surface area (TPSA) is 90.8 Å². The second kappa shape index (κ2) is 9.33. The third kappa shape index (κ3) is 4.68. The number of benzene rings is 1. The molecule has 3 heterocycles. The lowest BCUT2D eigenvalue weighted by atomic mass is 9.89. The van der Waals surface area contributed by atoms with Gasteiger partial charge in [0.05, 0.1) is 0 Å². The number of carbonyl (C=O) groups excluding carboxylic acids is 1. The molecule has 5 rings (SSSR count). The van der Waals surface area contributed by atoms with Gasteiger partial charge < -0.3 is 14.7 Å². The van der Waals surface area contributed by atoms with E-state index in [1.54, 1.807) is 41.2 Å². The summed E-state index contributed by atoms with van der Waals surface area (Å²) >= 11 is 3.44. The van der Waals surface area contributed by atoms with Gasteiger partial charge in [0, 0.05) is 60.1 Å². The second-order valence-corrected chi connectivity index (χ2v) is 10.2. The average molecular weight is 460 g/mol. The normalized spacial score (nSPS) is 24.0. The molecular formula is C21H25N5O3S2. The minimum atomic E-state index is -0.429. The minimum Gasteiger partial charge on any atom is -0.473 e. The van der Waals surface area contributed by atoms with E-state index in [0.717, 1.165) is 31.4 Å². The molecule has 0 unspecified atom stereocenters. The number of hydrogen-bond donors (Lipinski definition) is 2. The Morgan fingerprint density at radius 1 is 1.13 bits per heavy atom. The SMILES string of the molecule is O=C(CO)N1CCC(c2nccnc2OC2CC(NN3Sc4ccccc4S3)C2)CC1. The van der Waals surface area contributed by atoms with Crippen molar-refractivity contribution in [2.24, 2.45) is 0 Å². The van der Waals surface area contributed by atoms with E-state index in [-0.39, 0.29) is 17.9 Å². The number of likely N-dealkylation sites (tertiary alicyclic amines) is 1. The fourth-order valence-electron chi connectivity index (χ4n) is 4.13. The van der Waals surface area contributed by atoms with Crippen molar-refractivity contribution in [2.75, 3.05) is 19.7 Å². The number of nitrogens with zero attached hydrogens (tertiary/aromatic N) is 4. The Labute approximate surface area is 190 Å². The van der Waals surface area contributed by atoms with Crippen molar-refractivity contribution in [2.45, 2.75) is 53.5 Å². The van der Waals surface area contributed by atoms with Crippen LogP contribution in [0.5, 0.6) is 5.88 Å². The molecule has 10 heteroatoms. The average Bonchev–Trinajstić information content (AvgIpc) is 3.20. The zero-order valence-electron chi connectivity index (χ0n) is 17.0. The number of aliphatic hydroxyl groups excluding tert-OH is 1. The van der Waals surface area contributed by atoms with Crippen LogP contribution in [0.4, 0.5) is 0 Å². The fourth-order valence-corrected chi connectivity index (χ4v) is 6.34. The van der Waals surface area contributed by atoms with Gasteiger partial charge in [0.25, 0.3) is 0 Å². The van der Waals surface area contributed by atoms with E-state index in [4.69, 9.17) is 9.84 Å². The van der Waals surface area contributed by atoms with Crippen LogP contribution >= 0.6 is 23.9 Å². The summed E-state index contributed by atoms with van der Waals surface area (Å²) in [5.74, 6) is 0.631. The van der Waals surface area contributed by atoms with Crippen LogP contribution in [0.1, 0.15) is 37.3 Å². The van der Waals surface area contributed by atoms with Crippen molar-refractivity contribution < 1.29 is 14.6 Å². The Bertz CT molecular complexity index is 910. The lowest BCUT2D eigenvalue weighted by Gasteiger charge is -2.37. The summed E-state index contributed by atoms with van der Waals surface area (Å²) in [5, 5.41) is 9.06. The van der Waals surface area contributed by atoms with Crippen LogP contribution in [0.15, 0.2) is 46.5 Å². The molecule has 2 aliphatic heterocycles. The summed E-state index contributed by atoms with van der Waals surface area (Å²) in [5.41, 5.74) is 4.45. The van der Waals surface area contributed by atoms with Crippen LogP contribution in [0.25, 0.3) is 0 Å². The van der Waals surface area contributed by atoms with Gasteiger partial charge in [-0.05, 0) is 48.9 Å². The van der Waals surface area contributed by atoms with Gasteiger partial charge in [-0.2, -0.15) is 0 Å². The van der Waals surface area contributed by atoms with E-state index in [1.807, 2.05) is 0 Å². The summed E-state index contributed by atoms with van der Waals surface area (Å²) < 4.78 is 8.35. The monoisotopic (exact) mass is 459 g/mol. The quantitative estimate of drug-likeness (QED) is 0.633. The number of hydrogen-bond acceptors (Lipinski definition) is 9. The van der Waals surface area contributed by atoms with Gasteiger partial charge in [-0.3, -0.25) is 9.78 Å². The van der Waals surface area contributed by atoms with Gasteiger partial charge in [0.2, 0.25) is 11.8 Å². The number of hydrazine groups is 1. The lowest BCUT2D eigenvalue weighted by Crippen LogP contribution is -2.49. The molecule has 3 aliphatic rings. The maximum Gasteiger partial charge on any atom is 0.248 e. The smallest absolute Gasteiger partial charge is 0.248 e. The van der Waals surface area contributed by atoms with Crippen molar-refractivity contribution in [1.82, 2.24) is 24.1 Å². The third-order valence-electron chi connectivity index (χ3n) is 5.93. The van der Waals surface area contributed by atoms with E-state index < -0.39 is 6.61 Å². The summed E-state index contributed by atoms with van der Waals surface area (Å²) in [7, 11) is 0. The summed E-state index contributed by atoms with van der Waals surface area (Å²) in [4.78, 5) is 25.0. The first kappa shape index (κ1) is 21.0. The van der Waals surface area contributed by atoms with Crippen molar-refractivity contribution >= 4 is 29.8 Å². The Kier molecular flexibility index (Phi) is 6.33. The van der Waals surface area contributed by atoms with Crippen LogP contribution in [-0.2, 0) is 4.79 Å². The molecule has 0 spiro atoms. The van der Waals surface area contributed by atoms with Gasteiger partial charge in [-0.1, -0.05) is 12.1 Å². The molecule has 0 bridgehead atoms. The second-order valence-electron chi connectivity index (χ2n) is 7.98. The molecule has 1 aromatic carbocycles. The van der Waals surface area contributed by atoms with Crippen LogP contribution < -0.4 is 10.2 Å². The number of piperidine rings is 1. The van der Waals surface area contributed by atoms with E-state index in [2.05, 4.69) is 43.5 Å². The molecule has 2 N–H and O–H groups in total. The molecule has 0 atom stereocenters. The van der Waals surface area contributed by atoms with Crippen molar-refractivity contribution in [3.8, 4) is 5.88 Å². The molecule has 2 aromatic rings. The summed E-state index contributed by atoms with van der Waals surface area (Å²) in [6.07, 6.45) is 6.97. The number of nitrogens with one attached hydrogen (secondary N) is 1. The number of amides is 1. The first-order valence-corrected chi connectivity index (χ1v) is 12.1. The van der Waals surface area contributed by atoms with Gasteiger partial charge in [0.15, 0.2) is 0 Å². The number of ether oxygens (including phenoxy) is 1. The molecule has 1 saturated heterocycles. The fraction of sp³-hybridized carbons (Fsp3) is 0.476. The molecule has 2 fully saturated rings. The lowest BCUT2D eigenvalue weighted by molar-refractivity contribution is -0.135. The predicted molar refractivity (Wildman–Crippen MR) is 118 cm³/mol. The standard InChI is InChI=1S/C21H25N5O3S2/c27-13-19(28)25-9-5-14(6-10-25)20-21(23-8-7-22-20)29-16-11-15(12-16)24-26-30-17-3-1-2-4-18(17)31-26/h1-4,7-8,14-16,24,27H,5-6,9-13H2. The number of carbonyl (C=O) groups is 1. The van der Waals surface area contributed by atoms with E-state index in [9.17, 15) is 4.79 Å². The van der Waals surface area contributed by atoms with Gasteiger partial charge >= 0.3 is 0 Å². The van der Waals surface area contributed by atoms with E-state index >= 15 is 0 Å². The van der Waals surface area contributed by atoms with E-state index in [0.29, 0.717) is 25.0 Å². The highest BCUT2D eigenvalue weighted by Gasteiger charge is 2.35. The first-order chi connectivity index (χ1) is 15.2. The molecule has 164 valence electrons. The third-order valence-corrected chi connectivity index (χ3v) is 8.16. The molecular weight excluding hydrogens is 434 g/mol. The van der Waals surface area contributed by atoms with Crippen LogP contribution in [-0.4, -0.2) is 61.5 Å². The van der Waals surface area contributed by atoms with Crippen LogP contribution in [0.2, 0.25) is 0 Å². The molecule has 8 nitrogen and oxygen atoms in total. The minimum absolute atomic E-state index is 0.129. The largest absolute Gasteiger partial charge is 0.473 e. The van der Waals surface area contributed by atoms with E-state index in [1.165, 1.54) is 9.79 Å². The Balaban J connectivity index is 1.12. The maximum atomic E-state index is 11.7. The molecule has 1 saturated carbocycles.